The first-order valence-corrected chi connectivity index (χ1v) is 19.1. The van der Waals surface area contributed by atoms with Crippen molar-refractivity contribution in [3.63, 3.8) is 0 Å². The maximum atomic E-state index is 13.8. The maximum Gasteiger partial charge on any atom is 0.407 e. The van der Waals surface area contributed by atoms with Crippen LogP contribution >= 0.6 is 0 Å². The van der Waals surface area contributed by atoms with Gasteiger partial charge in [0.1, 0.15) is 11.9 Å². The summed E-state index contributed by atoms with van der Waals surface area (Å²) in [5.74, 6) is 0.444. The number of methoxy groups -OCH3 is 2. The van der Waals surface area contributed by atoms with Crippen LogP contribution in [0.25, 0.3) is 28.0 Å². The van der Waals surface area contributed by atoms with Crippen molar-refractivity contribution in [3.8, 4) is 22.4 Å². The van der Waals surface area contributed by atoms with E-state index in [-0.39, 0.29) is 35.9 Å². The summed E-state index contributed by atoms with van der Waals surface area (Å²) in [5.41, 5.74) is 7.33. The van der Waals surface area contributed by atoms with Gasteiger partial charge in [-0.05, 0) is 73.3 Å². The Morgan fingerprint density at radius 1 is 0.778 bits per heavy atom. The van der Waals surface area contributed by atoms with Gasteiger partial charge in [0.15, 0.2) is 0 Å². The van der Waals surface area contributed by atoms with Crippen molar-refractivity contribution in [2.45, 2.75) is 88.9 Å². The number of likely N-dealkylation sites (tertiary alicyclic amines) is 2. The second kappa shape index (κ2) is 16.3. The van der Waals surface area contributed by atoms with Crippen LogP contribution in [0.3, 0.4) is 0 Å². The Morgan fingerprint density at radius 3 is 2.11 bits per heavy atom. The molecule has 4 amide bonds. The number of alkyl carbamates (subject to hydrolysis) is 2. The first-order chi connectivity index (χ1) is 26.2. The minimum atomic E-state index is -0.700. The molecule has 7 rings (SSSR count). The number of nitrogens with zero attached hydrogens (tertiary/aromatic N) is 4. The van der Waals surface area contributed by atoms with Gasteiger partial charge >= 0.3 is 12.2 Å². The van der Waals surface area contributed by atoms with Crippen LogP contribution in [0.15, 0.2) is 65.9 Å². The van der Waals surface area contributed by atoms with Crippen molar-refractivity contribution in [2.75, 3.05) is 27.3 Å². The van der Waals surface area contributed by atoms with Gasteiger partial charge in [-0.1, -0.05) is 61.4 Å². The minimum Gasteiger partial charge on any atom is -0.453 e. The first-order valence-electron chi connectivity index (χ1n) is 19.1. The summed E-state index contributed by atoms with van der Waals surface area (Å²) < 4.78 is 9.48. The molecule has 4 heterocycles. The number of aromatic nitrogens is 2. The molecule has 2 aromatic carbocycles. The quantitative estimate of drug-likeness (QED) is 0.235. The molecule has 0 unspecified atom stereocenters. The highest BCUT2D eigenvalue weighted by molar-refractivity contribution is 6.03. The van der Waals surface area contributed by atoms with E-state index in [0.29, 0.717) is 19.5 Å². The zero-order valence-corrected chi connectivity index (χ0v) is 31.2. The lowest BCUT2D eigenvalue weighted by Gasteiger charge is -2.35. The number of aliphatic imine (C=N–C) groups is 1. The SMILES string of the molecule is COC(=O)N[C@@H](C)C(=O)N1CCC[C@H]1c1ncc(-c2ccc(-c3ccc(C4=CN=C([C@@H]5CCCN5C(=O)[C@H]5CCCC[C@H]5NC(=O)OC)C4)cc3)cc2)[nH]1. The van der Waals surface area contributed by atoms with Gasteiger partial charge in [-0.25, -0.2) is 14.6 Å². The molecule has 0 spiro atoms. The molecule has 0 radical (unpaired) electrons. The molecular weight excluding hydrogens is 686 g/mol. The van der Waals surface area contributed by atoms with Gasteiger partial charge in [0.2, 0.25) is 11.8 Å². The molecular formula is C41H49N7O6. The van der Waals surface area contributed by atoms with Gasteiger partial charge in [-0.3, -0.25) is 14.6 Å². The smallest absolute Gasteiger partial charge is 0.407 e. The average Bonchev–Trinajstić information content (AvgIpc) is 4.04. The van der Waals surface area contributed by atoms with Gasteiger partial charge in [0.25, 0.3) is 0 Å². The molecule has 3 N–H and O–H groups in total. The summed E-state index contributed by atoms with van der Waals surface area (Å²) in [6, 6.07) is 15.7. The molecule has 284 valence electrons. The average molecular weight is 736 g/mol. The fourth-order valence-corrected chi connectivity index (χ4v) is 8.46. The molecule has 54 heavy (non-hydrogen) atoms. The highest BCUT2D eigenvalue weighted by Gasteiger charge is 2.41. The zero-order valence-electron chi connectivity index (χ0n) is 31.2. The lowest BCUT2D eigenvalue weighted by atomic mass is 9.83. The zero-order chi connectivity index (χ0) is 37.8. The first kappa shape index (κ1) is 36.9. The van der Waals surface area contributed by atoms with E-state index in [1.165, 1.54) is 14.2 Å². The Labute approximate surface area is 315 Å². The van der Waals surface area contributed by atoms with Crippen LogP contribution in [0.1, 0.15) is 82.1 Å². The molecule has 1 aromatic heterocycles. The Bertz CT molecular complexity index is 1920. The molecule has 13 heteroatoms. The number of ether oxygens (including phenoxy) is 2. The van der Waals surface area contributed by atoms with Crippen molar-refractivity contribution >= 4 is 35.3 Å². The van der Waals surface area contributed by atoms with E-state index in [0.717, 1.165) is 96.4 Å². The number of amides is 4. The molecule has 5 atom stereocenters. The molecule has 2 saturated heterocycles. The third-order valence-electron chi connectivity index (χ3n) is 11.4. The molecule has 3 aliphatic heterocycles. The predicted molar refractivity (Wildman–Crippen MR) is 204 cm³/mol. The van der Waals surface area contributed by atoms with E-state index in [9.17, 15) is 19.2 Å². The van der Waals surface area contributed by atoms with E-state index in [4.69, 9.17) is 9.73 Å². The largest absolute Gasteiger partial charge is 0.453 e. The van der Waals surface area contributed by atoms with Crippen LogP contribution in [0, 0.1) is 5.92 Å². The number of benzene rings is 2. The van der Waals surface area contributed by atoms with Crippen LogP contribution in [0.2, 0.25) is 0 Å². The van der Waals surface area contributed by atoms with E-state index in [1.54, 1.807) is 18.0 Å². The van der Waals surface area contributed by atoms with Crippen molar-refractivity contribution in [2.24, 2.45) is 10.9 Å². The van der Waals surface area contributed by atoms with Crippen molar-refractivity contribution < 1.29 is 28.7 Å². The third kappa shape index (κ3) is 7.76. The second-order valence-electron chi connectivity index (χ2n) is 14.7. The monoisotopic (exact) mass is 735 g/mol. The van der Waals surface area contributed by atoms with E-state index < -0.39 is 18.2 Å². The molecule has 4 aliphatic rings. The van der Waals surface area contributed by atoms with Gasteiger partial charge in [0.05, 0.1) is 44.1 Å². The fourth-order valence-electron chi connectivity index (χ4n) is 8.46. The van der Waals surface area contributed by atoms with E-state index >= 15 is 0 Å². The fraction of sp³-hybridized carbons (Fsp3) is 0.463. The summed E-state index contributed by atoms with van der Waals surface area (Å²) in [4.78, 5) is 67.3. The number of hydrogen-bond donors (Lipinski definition) is 3. The predicted octanol–water partition coefficient (Wildman–Crippen LogP) is 6.24. The van der Waals surface area contributed by atoms with Crippen molar-refractivity contribution in [1.82, 2.24) is 30.4 Å². The van der Waals surface area contributed by atoms with Crippen LogP contribution in [-0.4, -0.2) is 94.9 Å². The van der Waals surface area contributed by atoms with Gasteiger partial charge in [0, 0.05) is 37.5 Å². The highest BCUT2D eigenvalue weighted by atomic mass is 16.5. The molecule has 1 aliphatic carbocycles. The number of allylic oxidation sites excluding steroid dienone is 1. The van der Waals surface area contributed by atoms with Crippen molar-refractivity contribution in [1.29, 1.82) is 0 Å². The van der Waals surface area contributed by atoms with Gasteiger partial charge < -0.3 is 34.9 Å². The van der Waals surface area contributed by atoms with Gasteiger partial charge in [-0.2, -0.15) is 0 Å². The standard InChI is InChI=1S/C41H49N7O6/c1-25(44-40(51)53-2)38(49)48-21-7-11-36(48)37-43-24-34(45-37)29-18-16-27(17-19-29)26-12-14-28(15-13-26)30-22-33(42-23-30)35-10-6-20-47(35)39(50)31-8-4-5-9-32(31)46-41(52)54-3/h12-19,23-25,31-32,35-36H,4-11,20-22H2,1-3H3,(H,43,45)(H,44,51)(H,46,52)/t25-,31-,32+,35-,36-/m0/s1. The van der Waals surface area contributed by atoms with Gasteiger partial charge in [-0.15, -0.1) is 0 Å². The maximum absolute atomic E-state index is 13.8. The molecule has 13 nitrogen and oxygen atoms in total. The van der Waals surface area contributed by atoms with E-state index in [1.807, 2.05) is 11.1 Å². The molecule has 3 aromatic rings. The topological polar surface area (TPSA) is 158 Å². The van der Waals surface area contributed by atoms with E-state index in [2.05, 4.69) is 73.9 Å². The summed E-state index contributed by atoms with van der Waals surface area (Å²) in [7, 11) is 2.63. The minimum absolute atomic E-state index is 0.0192. The summed E-state index contributed by atoms with van der Waals surface area (Å²) in [6.45, 7) is 2.97. The second-order valence-corrected chi connectivity index (χ2v) is 14.7. The Balaban J connectivity index is 0.954. The number of rotatable bonds is 9. The lowest BCUT2D eigenvalue weighted by Crippen LogP contribution is -2.51. The van der Waals surface area contributed by atoms with Crippen LogP contribution in [0.5, 0.6) is 0 Å². The third-order valence-corrected chi connectivity index (χ3v) is 11.4. The molecule has 3 fully saturated rings. The Hall–Kier alpha value is -5.46. The highest BCUT2D eigenvalue weighted by Crippen LogP contribution is 2.35. The summed E-state index contributed by atoms with van der Waals surface area (Å²) in [6.07, 6.45) is 10.4. The van der Waals surface area contributed by atoms with Crippen molar-refractivity contribution in [3.05, 3.63) is 72.3 Å². The molecule has 0 bridgehead atoms. The summed E-state index contributed by atoms with van der Waals surface area (Å²) >= 11 is 0. The van der Waals surface area contributed by atoms with Crippen LogP contribution in [0.4, 0.5) is 9.59 Å². The number of imidazole rings is 1. The number of nitrogens with one attached hydrogen (secondary N) is 3. The number of aromatic amines is 1. The lowest BCUT2D eigenvalue weighted by molar-refractivity contribution is -0.137. The number of carbonyl (C=O) groups is 4. The molecule has 1 saturated carbocycles. The van der Waals surface area contributed by atoms with Crippen LogP contribution < -0.4 is 10.6 Å². The number of carbonyl (C=O) groups excluding carboxylic acids is 4. The Kier molecular flexibility index (Phi) is 11.1. The number of H-pyrrole nitrogens is 1. The number of hydrogen-bond acceptors (Lipinski definition) is 8. The Morgan fingerprint density at radius 2 is 1.41 bits per heavy atom. The van der Waals surface area contributed by atoms with Crippen LogP contribution in [-0.2, 0) is 19.1 Å². The summed E-state index contributed by atoms with van der Waals surface area (Å²) in [5, 5.41) is 5.47. The normalized spacial score (nSPS) is 23.0.